The Labute approximate surface area is 90.7 Å². The van der Waals surface area contributed by atoms with Crippen LogP contribution in [0.5, 0.6) is 0 Å². The molecule has 15 heavy (non-hydrogen) atoms. The minimum absolute atomic E-state index is 0.00435. The quantitative estimate of drug-likeness (QED) is 0.527. The van der Waals surface area contributed by atoms with Gasteiger partial charge in [-0.05, 0) is 33.1 Å². The highest BCUT2D eigenvalue weighted by molar-refractivity contribution is 5.80. The average Bonchev–Trinajstić information content (AvgIpc) is 2.29. The lowest BCUT2D eigenvalue weighted by Crippen LogP contribution is -2.36. The summed E-state index contributed by atoms with van der Waals surface area (Å²) in [7, 11) is 0. The molecule has 0 bridgehead atoms. The Morgan fingerprint density at radius 1 is 1.73 bits per heavy atom. The lowest BCUT2D eigenvalue weighted by atomic mass is 9.74. The molecule has 1 rings (SSSR count). The van der Waals surface area contributed by atoms with Gasteiger partial charge in [-0.15, -0.1) is 0 Å². The van der Waals surface area contributed by atoms with Crippen molar-refractivity contribution in [3.05, 3.63) is 12.2 Å². The number of hydrogen-bond acceptors (Lipinski definition) is 3. The highest BCUT2D eigenvalue weighted by Crippen LogP contribution is 2.35. The molecule has 0 spiro atoms. The molecule has 3 nitrogen and oxygen atoms in total. The molecule has 82 valence electrons. The van der Waals surface area contributed by atoms with Crippen molar-refractivity contribution >= 4 is 5.97 Å². The summed E-state index contributed by atoms with van der Waals surface area (Å²) in [5.41, 5.74) is -1.02. The van der Waals surface area contributed by atoms with Crippen LogP contribution in [0.15, 0.2) is 12.2 Å². The molecule has 0 fully saturated rings. The Hall–Kier alpha value is -1.30. The van der Waals surface area contributed by atoms with Crippen LogP contribution in [-0.4, -0.2) is 12.6 Å². The maximum atomic E-state index is 11.7. The van der Waals surface area contributed by atoms with Crippen LogP contribution in [-0.2, 0) is 9.53 Å². The summed E-state index contributed by atoms with van der Waals surface area (Å²) >= 11 is 0. The van der Waals surface area contributed by atoms with E-state index in [0.29, 0.717) is 6.61 Å². The topological polar surface area (TPSA) is 50.1 Å². The van der Waals surface area contributed by atoms with Gasteiger partial charge in [-0.1, -0.05) is 12.2 Å². The van der Waals surface area contributed by atoms with E-state index in [-0.39, 0.29) is 5.92 Å². The summed E-state index contributed by atoms with van der Waals surface area (Å²) in [4.78, 5) is 11.7. The lowest BCUT2D eigenvalue weighted by molar-refractivity contribution is -0.153. The van der Waals surface area contributed by atoms with Crippen molar-refractivity contribution in [3.8, 4) is 6.07 Å². The largest absolute Gasteiger partial charge is 0.465 e. The van der Waals surface area contributed by atoms with Crippen LogP contribution in [0.2, 0.25) is 0 Å². The number of allylic oxidation sites excluding steroid dienone is 2. The van der Waals surface area contributed by atoms with Crippen LogP contribution < -0.4 is 0 Å². The van der Waals surface area contributed by atoms with E-state index in [9.17, 15) is 4.79 Å². The van der Waals surface area contributed by atoms with Crippen LogP contribution in [0.3, 0.4) is 0 Å². The van der Waals surface area contributed by atoms with Gasteiger partial charge >= 0.3 is 5.97 Å². The monoisotopic (exact) mass is 207 g/mol. The Kier molecular flexibility index (Phi) is 3.90. The van der Waals surface area contributed by atoms with Crippen molar-refractivity contribution in [1.29, 1.82) is 5.26 Å². The third kappa shape index (κ3) is 2.38. The Morgan fingerprint density at radius 3 is 2.93 bits per heavy atom. The zero-order valence-corrected chi connectivity index (χ0v) is 9.32. The second-order valence-corrected chi connectivity index (χ2v) is 4.00. The molecule has 0 saturated heterocycles. The number of rotatable bonds is 3. The molecule has 0 saturated carbocycles. The number of nitriles is 1. The molecule has 0 heterocycles. The van der Waals surface area contributed by atoms with Gasteiger partial charge < -0.3 is 4.74 Å². The number of carbonyl (C=O) groups excluding carboxylic acids is 1. The Balaban J connectivity index is 2.84. The second kappa shape index (κ2) is 4.97. The summed E-state index contributed by atoms with van der Waals surface area (Å²) in [6, 6.07) is 2.11. The Bertz CT molecular complexity index is 303. The van der Waals surface area contributed by atoms with Crippen molar-refractivity contribution < 1.29 is 9.53 Å². The number of ether oxygens (including phenoxy) is 1. The average molecular weight is 207 g/mol. The predicted molar refractivity (Wildman–Crippen MR) is 56.8 cm³/mol. The van der Waals surface area contributed by atoms with Gasteiger partial charge in [0.1, 0.15) is 0 Å². The van der Waals surface area contributed by atoms with Crippen molar-refractivity contribution in [2.45, 2.75) is 33.1 Å². The van der Waals surface area contributed by atoms with Crippen LogP contribution in [0, 0.1) is 22.7 Å². The van der Waals surface area contributed by atoms with Gasteiger partial charge in [0, 0.05) is 5.92 Å². The van der Waals surface area contributed by atoms with Gasteiger partial charge in [0.05, 0.1) is 12.7 Å². The lowest BCUT2D eigenvalue weighted by Gasteiger charge is -2.28. The molecular weight excluding hydrogens is 190 g/mol. The first-order valence-corrected chi connectivity index (χ1v) is 5.40. The van der Waals surface area contributed by atoms with E-state index in [4.69, 9.17) is 10.00 Å². The van der Waals surface area contributed by atoms with Gasteiger partial charge in [-0.3, -0.25) is 4.79 Å². The number of nitrogens with zero attached hydrogens (tertiary/aromatic N) is 1. The highest BCUT2D eigenvalue weighted by atomic mass is 16.5. The fourth-order valence-electron chi connectivity index (χ4n) is 1.85. The standard InChI is InChI=1S/C12H17NO2/c1-3-15-11(14)12(2,9-13)10-7-5-4-6-8-10/h5,7,10H,3-4,6,8H2,1-2H3/t10-,12+/m1/s1. The minimum Gasteiger partial charge on any atom is -0.465 e. The molecule has 0 aromatic carbocycles. The molecule has 0 amide bonds. The van der Waals surface area contributed by atoms with Crippen LogP contribution >= 0.6 is 0 Å². The van der Waals surface area contributed by atoms with Gasteiger partial charge in [-0.25, -0.2) is 0 Å². The van der Waals surface area contributed by atoms with E-state index in [1.165, 1.54) is 0 Å². The maximum Gasteiger partial charge on any atom is 0.326 e. The van der Waals surface area contributed by atoms with E-state index in [1.807, 2.05) is 12.2 Å². The van der Waals surface area contributed by atoms with E-state index in [1.54, 1.807) is 13.8 Å². The third-order valence-electron chi connectivity index (χ3n) is 2.93. The van der Waals surface area contributed by atoms with E-state index in [2.05, 4.69) is 6.07 Å². The predicted octanol–water partition coefficient (Wildman–Crippen LogP) is 2.44. The highest BCUT2D eigenvalue weighted by Gasteiger charge is 2.42. The fraction of sp³-hybridized carbons (Fsp3) is 0.667. The molecule has 1 aliphatic rings. The summed E-state index contributed by atoms with van der Waals surface area (Å²) in [5.74, 6) is -0.403. The van der Waals surface area contributed by atoms with Crippen molar-refractivity contribution in [2.24, 2.45) is 11.3 Å². The van der Waals surface area contributed by atoms with E-state index >= 15 is 0 Å². The molecule has 0 N–H and O–H groups in total. The molecule has 1 aliphatic carbocycles. The molecular formula is C12H17NO2. The van der Waals surface area contributed by atoms with Gasteiger partial charge in [0.2, 0.25) is 0 Å². The molecule has 3 heteroatoms. The molecule has 0 aromatic rings. The summed E-state index contributed by atoms with van der Waals surface area (Å²) in [5, 5.41) is 9.15. The van der Waals surface area contributed by atoms with Crippen molar-refractivity contribution in [1.82, 2.24) is 0 Å². The van der Waals surface area contributed by atoms with E-state index < -0.39 is 11.4 Å². The minimum atomic E-state index is -1.02. The molecule has 0 aliphatic heterocycles. The van der Waals surface area contributed by atoms with Gasteiger partial charge in [-0.2, -0.15) is 5.26 Å². The SMILES string of the molecule is CCOC(=O)[C@@](C)(C#N)[C@@H]1C=CCCC1. The summed E-state index contributed by atoms with van der Waals surface area (Å²) in [6.07, 6.45) is 6.99. The summed E-state index contributed by atoms with van der Waals surface area (Å²) in [6.45, 7) is 3.75. The van der Waals surface area contributed by atoms with E-state index in [0.717, 1.165) is 19.3 Å². The van der Waals surface area contributed by atoms with Crippen molar-refractivity contribution in [3.63, 3.8) is 0 Å². The first-order valence-electron chi connectivity index (χ1n) is 5.40. The summed E-state index contributed by atoms with van der Waals surface area (Å²) < 4.78 is 4.96. The number of carbonyl (C=O) groups is 1. The van der Waals surface area contributed by atoms with Gasteiger partial charge in [0.15, 0.2) is 5.41 Å². The van der Waals surface area contributed by atoms with Crippen LogP contribution in [0.25, 0.3) is 0 Å². The zero-order chi connectivity index (χ0) is 11.3. The van der Waals surface area contributed by atoms with Gasteiger partial charge in [0.25, 0.3) is 0 Å². The Morgan fingerprint density at radius 2 is 2.47 bits per heavy atom. The number of hydrogen-bond donors (Lipinski definition) is 0. The van der Waals surface area contributed by atoms with Crippen molar-refractivity contribution in [2.75, 3.05) is 6.61 Å². The fourth-order valence-corrected chi connectivity index (χ4v) is 1.85. The first kappa shape index (κ1) is 11.8. The molecule has 2 atom stereocenters. The third-order valence-corrected chi connectivity index (χ3v) is 2.93. The number of esters is 1. The molecule has 0 radical (unpaired) electrons. The maximum absolute atomic E-state index is 11.7. The smallest absolute Gasteiger partial charge is 0.326 e. The van der Waals surface area contributed by atoms with Crippen LogP contribution in [0.4, 0.5) is 0 Å². The zero-order valence-electron chi connectivity index (χ0n) is 9.32. The van der Waals surface area contributed by atoms with Crippen LogP contribution in [0.1, 0.15) is 33.1 Å². The second-order valence-electron chi connectivity index (χ2n) is 4.00. The first-order chi connectivity index (χ1) is 7.15. The normalized spacial score (nSPS) is 23.9. The molecule has 0 aromatic heterocycles. The molecule has 0 unspecified atom stereocenters.